The first-order valence-corrected chi connectivity index (χ1v) is 8.37. The molecule has 1 aliphatic carbocycles. The van der Waals surface area contributed by atoms with Gasteiger partial charge in [-0.25, -0.2) is 0 Å². The second-order valence-electron chi connectivity index (χ2n) is 5.30. The van der Waals surface area contributed by atoms with Gasteiger partial charge in [-0.1, -0.05) is 77.9 Å². The Kier molecular flexibility index (Phi) is 3.85. The van der Waals surface area contributed by atoms with Crippen LogP contribution in [-0.2, 0) is 0 Å². The highest BCUT2D eigenvalue weighted by Crippen LogP contribution is 2.46. The monoisotopic (exact) mass is 278 g/mol. The molecule has 2 aromatic rings. The SMILES string of the molecule is Cc1ccc(P(C2=CC=CC2)c2ccc(C)cc2)cc1. The highest BCUT2D eigenvalue weighted by molar-refractivity contribution is 7.76. The fourth-order valence-electron chi connectivity index (χ4n) is 2.47. The van der Waals surface area contributed by atoms with Crippen LogP contribution in [-0.4, -0.2) is 0 Å². The summed E-state index contributed by atoms with van der Waals surface area (Å²) in [7, 11) is -0.378. The van der Waals surface area contributed by atoms with Gasteiger partial charge in [-0.3, -0.25) is 0 Å². The second kappa shape index (κ2) is 5.77. The van der Waals surface area contributed by atoms with E-state index in [4.69, 9.17) is 0 Å². The molecule has 0 N–H and O–H groups in total. The molecule has 0 spiro atoms. The molecule has 0 saturated heterocycles. The van der Waals surface area contributed by atoms with E-state index in [1.165, 1.54) is 21.7 Å². The Bertz CT molecular complexity index is 600. The molecule has 1 heteroatoms. The molecular weight excluding hydrogens is 259 g/mol. The number of hydrogen-bond donors (Lipinski definition) is 0. The van der Waals surface area contributed by atoms with Crippen LogP contribution in [0.1, 0.15) is 17.5 Å². The Morgan fingerprint density at radius 2 is 1.25 bits per heavy atom. The van der Waals surface area contributed by atoms with Crippen molar-refractivity contribution >= 4 is 18.5 Å². The molecule has 0 radical (unpaired) electrons. The summed E-state index contributed by atoms with van der Waals surface area (Å²) in [4.78, 5) is 0. The lowest BCUT2D eigenvalue weighted by atomic mass is 10.2. The van der Waals surface area contributed by atoms with Crippen LogP contribution in [0.25, 0.3) is 0 Å². The van der Waals surface area contributed by atoms with Gasteiger partial charge in [0.2, 0.25) is 0 Å². The molecule has 0 nitrogen and oxygen atoms in total. The molecule has 0 saturated carbocycles. The summed E-state index contributed by atoms with van der Waals surface area (Å²) in [5, 5.41) is 4.45. The van der Waals surface area contributed by atoms with Gasteiger partial charge in [-0.2, -0.15) is 0 Å². The smallest absolute Gasteiger partial charge is 0.00836 e. The molecule has 0 aromatic heterocycles. The fourth-order valence-corrected chi connectivity index (χ4v) is 4.85. The van der Waals surface area contributed by atoms with Gasteiger partial charge >= 0.3 is 0 Å². The average Bonchev–Trinajstić information content (AvgIpc) is 2.97. The van der Waals surface area contributed by atoms with E-state index in [9.17, 15) is 0 Å². The summed E-state index contributed by atoms with van der Waals surface area (Å²) in [6.07, 6.45) is 7.83. The highest BCUT2D eigenvalue weighted by atomic mass is 31.1. The second-order valence-corrected chi connectivity index (χ2v) is 7.57. The topological polar surface area (TPSA) is 0 Å². The van der Waals surface area contributed by atoms with Crippen LogP contribution >= 0.6 is 7.92 Å². The standard InChI is InChI=1S/C19H19P/c1-15-7-11-18(12-8-15)20(17-5-3-4-6-17)19-13-9-16(2)10-14-19/h3-5,7-14H,6H2,1-2H3. The van der Waals surface area contributed by atoms with Gasteiger partial charge in [0.05, 0.1) is 0 Å². The number of aryl methyl sites for hydroxylation is 2. The summed E-state index contributed by atoms with van der Waals surface area (Å²) < 4.78 is 0. The molecule has 2 aromatic carbocycles. The third-order valence-corrected chi connectivity index (χ3v) is 6.16. The largest absolute Gasteiger partial charge is 0.0801 e. The molecule has 1 aliphatic rings. The van der Waals surface area contributed by atoms with E-state index in [-0.39, 0.29) is 7.92 Å². The Morgan fingerprint density at radius 3 is 1.65 bits per heavy atom. The van der Waals surface area contributed by atoms with Gasteiger partial charge in [0, 0.05) is 0 Å². The number of benzene rings is 2. The predicted molar refractivity (Wildman–Crippen MR) is 90.4 cm³/mol. The van der Waals surface area contributed by atoms with Gasteiger partial charge in [-0.15, -0.1) is 0 Å². The van der Waals surface area contributed by atoms with Crippen LogP contribution < -0.4 is 10.6 Å². The maximum atomic E-state index is 2.30. The lowest BCUT2D eigenvalue weighted by molar-refractivity contribution is 1.40. The maximum absolute atomic E-state index is 2.30. The third-order valence-electron chi connectivity index (χ3n) is 3.62. The van der Waals surface area contributed by atoms with Crippen molar-refractivity contribution < 1.29 is 0 Å². The summed E-state index contributed by atoms with van der Waals surface area (Å²) >= 11 is 0. The summed E-state index contributed by atoms with van der Waals surface area (Å²) in [6.45, 7) is 4.29. The molecule has 20 heavy (non-hydrogen) atoms. The van der Waals surface area contributed by atoms with E-state index in [0.717, 1.165) is 6.42 Å². The normalized spacial score (nSPS) is 13.8. The van der Waals surface area contributed by atoms with Crippen LogP contribution in [0.2, 0.25) is 0 Å². The van der Waals surface area contributed by atoms with E-state index in [1.54, 1.807) is 5.31 Å². The van der Waals surface area contributed by atoms with Gasteiger partial charge in [0.1, 0.15) is 0 Å². The lowest BCUT2D eigenvalue weighted by Crippen LogP contribution is -2.12. The minimum atomic E-state index is -0.378. The highest BCUT2D eigenvalue weighted by Gasteiger charge is 2.18. The number of hydrogen-bond acceptors (Lipinski definition) is 0. The van der Waals surface area contributed by atoms with E-state index >= 15 is 0 Å². The minimum absolute atomic E-state index is 0.378. The molecule has 0 aliphatic heterocycles. The zero-order valence-electron chi connectivity index (χ0n) is 12.0. The van der Waals surface area contributed by atoms with Gasteiger partial charge in [0.15, 0.2) is 0 Å². The minimum Gasteiger partial charge on any atom is -0.0801 e. The summed E-state index contributed by atoms with van der Waals surface area (Å²) in [5.74, 6) is 0. The molecule has 0 amide bonds. The molecule has 0 fully saturated rings. The maximum Gasteiger partial charge on any atom is -0.00836 e. The van der Waals surface area contributed by atoms with E-state index < -0.39 is 0 Å². The summed E-state index contributed by atoms with van der Waals surface area (Å²) in [6, 6.07) is 18.1. The van der Waals surface area contributed by atoms with Crippen molar-refractivity contribution in [3.63, 3.8) is 0 Å². The van der Waals surface area contributed by atoms with Crippen molar-refractivity contribution in [1.82, 2.24) is 0 Å². The van der Waals surface area contributed by atoms with Crippen LogP contribution in [0, 0.1) is 13.8 Å². The first-order valence-electron chi connectivity index (χ1n) is 7.03. The van der Waals surface area contributed by atoms with E-state index in [0.29, 0.717) is 0 Å². The summed E-state index contributed by atoms with van der Waals surface area (Å²) in [5.41, 5.74) is 2.65. The van der Waals surface area contributed by atoms with E-state index in [2.05, 4.69) is 80.6 Å². The van der Waals surface area contributed by atoms with Gasteiger partial charge in [0.25, 0.3) is 0 Å². The van der Waals surface area contributed by atoms with Crippen molar-refractivity contribution in [2.75, 3.05) is 0 Å². The average molecular weight is 278 g/mol. The van der Waals surface area contributed by atoms with Gasteiger partial charge < -0.3 is 0 Å². The third kappa shape index (κ3) is 2.76. The molecule has 0 atom stereocenters. The van der Waals surface area contributed by atoms with Crippen molar-refractivity contribution in [1.29, 1.82) is 0 Å². The first-order chi connectivity index (χ1) is 9.74. The zero-order valence-corrected chi connectivity index (χ0v) is 12.9. The van der Waals surface area contributed by atoms with Gasteiger partial charge in [-0.05, 0) is 44.1 Å². The van der Waals surface area contributed by atoms with Crippen molar-refractivity contribution in [3.05, 3.63) is 83.2 Å². The molecule has 0 heterocycles. The van der Waals surface area contributed by atoms with Crippen LogP contribution in [0.15, 0.2) is 72.1 Å². The van der Waals surface area contributed by atoms with Crippen LogP contribution in [0.5, 0.6) is 0 Å². The van der Waals surface area contributed by atoms with Crippen molar-refractivity contribution in [3.8, 4) is 0 Å². The predicted octanol–water partition coefficient (Wildman–Crippen LogP) is 4.58. The number of allylic oxidation sites excluding steroid dienone is 4. The fraction of sp³-hybridized carbons (Fsp3) is 0.158. The Hall–Kier alpha value is -1.65. The van der Waals surface area contributed by atoms with Crippen molar-refractivity contribution in [2.24, 2.45) is 0 Å². The lowest BCUT2D eigenvalue weighted by Gasteiger charge is -2.20. The molecule has 100 valence electrons. The Labute approximate surface area is 122 Å². The number of rotatable bonds is 3. The molecule has 0 unspecified atom stereocenters. The Balaban J connectivity index is 2.04. The zero-order chi connectivity index (χ0) is 13.9. The van der Waals surface area contributed by atoms with Crippen molar-refractivity contribution in [2.45, 2.75) is 20.3 Å². The van der Waals surface area contributed by atoms with Crippen LogP contribution in [0.4, 0.5) is 0 Å². The van der Waals surface area contributed by atoms with E-state index in [1.807, 2.05) is 0 Å². The molecular formula is C19H19P. The quantitative estimate of drug-likeness (QED) is 0.721. The molecule has 0 bridgehead atoms. The van der Waals surface area contributed by atoms with Crippen LogP contribution in [0.3, 0.4) is 0 Å². The molecule has 3 rings (SSSR count). The Morgan fingerprint density at radius 1 is 0.750 bits per heavy atom. The first kappa shape index (κ1) is 13.3.